The summed E-state index contributed by atoms with van der Waals surface area (Å²) in [7, 11) is 1.85. The van der Waals surface area contributed by atoms with Gasteiger partial charge in [-0.2, -0.15) is 0 Å². The summed E-state index contributed by atoms with van der Waals surface area (Å²) in [6.07, 6.45) is 1.61. The Morgan fingerprint density at radius 1 is 1.27 bits per heavy atom. The lowest BCUT2D eigenvalue weighted by molar-refractivity contribution is -0.113. The number of aryl methyl sites for hydroxylation is 1. The van der Waals surface area contributed by atoms with Gasteiger partial charge in [0, 0.05) is 18.0 Å². The molecule has 8 heteroatoms. The molecular weight excluding hydrogens is 366 g/mol. The molecule has 3 rings (SSSR count). The first-order valence-electron chi connectivity index (χ1n) is 8.16. The average Bonchev–Trinajstić information content (AvgIpc) is 3.21. The van der Waals surface area contributed by atoms with E-state index in [1.165, 1.54) is 28.7 Å². The number of aromatic nitrogens is 4. The number of nitrogens with zero attached hydrogens (tertiary/aromatic N) is 4. The van der Waals surface area contributed by atoms with Gasteiger partial charge in [-0.25, -0.2) is 4.98 Å². The Hall–Kier alpha value is -2.19. The van der Waals surface area contributed by atoms with E-state index in [0.29, 0.717) is 10.3 Å². The standard InChI is InChI=1S/C18H21N5OS2/c1-18(2,3)13-7-5-12(6-8-13)14-9-25-16(20-14)21-15(24)10-26-17-22-19-11-23(17)4/h5-9,11H,10H2,1-4H3,(H,20,21,24). The highest BCUT2D eigenvalue weighted by molar-refractivity contribution is 7.99. The number of hydrogen-bond donors (Lipinski definition) is 1. The number of amides is 1. The number of carbonyl (C=O) groups excluding carboxylic acids is 1. The van der Waals surface area contributed by atoms with Crippen LogP contribution in [0.15, 0.2) is 41.1 Å². The van der Waals surface area contributed by atoms with Crippen LogP contribution in [0.1, 0.15) is 26.3 Å². The second kappa shape index (κ2) is 7.59. The Labute approximate surface area is 161 Å². The molecule has 1 amide bonds. The highest BCUT2D eigenvalue weighted by Crippen LogP contribution is 2.28. The molecule has 0 aliphatic heterocycles. The van der Waals surface area contributed by atoms with Crippen LogP contribution in [0.5, 0.6) is 0 Å². The van der Waals surface area contributed by atoms with Gasteiger partial charge in [0.15, 0.2) is 10.3 Å². The molecule has 0 fully saturated rings. The number of rotatable bonds is 5. The molecule has 0 aliphatic carbocycles. The summed E-state index contributed by atoms with van der Waals surface area (Å²) in [5.74, 6) is 0.156. The zero-order valence-corrected chi connectivity index (χ0v) is 16.8. The molecule has 2 aromatic heterocycles. The van der Waals surface area contributed by atoms with Crippen molar-refractivity contribution in [3.63, 3.8) is 0 Å². The van der Waals surface area contributed by atoms with Crippen molar-refractivity contribution in [3.05, 3.63) is 41.5 Å². The maximum absolute atomic E-state index is 12.1. The summed E-state index contributed by atoms with van der Waals surface area (Å²) in [5.41, 5.74) is 3.32. The average molecular weight is 388 g/mol. The number of thiazole rings is 1. The maximum atomic E-state index is 12.1. The van der Waals surface area contributed by atoms with E-state index in [-0.39, 0.29) is 17.1 Å². The zero-order chi connectivity index (χ0) is 18.7. The first kappa shape index (κ1) is 18.6. The number of thioether (sulfide) groups is 1. The van der Waals surface area contributed by atoms with Gasteiger partial charge in [-0.3, -0.25) is 4.79 Å². The summed E-state index contributed by atoms with van der Waals surface area (Å²) >= 11 is 2.77. The minimum atomic E-state index is -0.109. The summed E-state index contributed by atoms with van der Waals surface area (Å²) in [5, 5.41) is 13.8. The molecule has 0 saturated heterocycles. The summed E-state index contributed by atoms with van der Waals surface area (Å²) in [4.78, 5) is 16.6. The fourth-order valence-electron chi connectivity index (χ4n) is 2.29. The maximum Gasteiger partial charge on any atom is 0.236 e. The molecule has 0 bridgehead atoms. The fraction of sp³-hybridized carbons (Fsp3) is 0.333. The Kier molecular flexibility index (Phi) is 5.43. The van der Waals surface area contributed by atoms with Gasteiger partial charge in [0.2, 0.25) is 5.91 Å². The molecule has 0 atom stereocenters. The number of nitrogens with one attached hydrogen (secondary N) is 1. The lowest BCUT2D eigenvalue weighted by atomic mass is 9.86. The van der Waals surface area contributed by atoms with Crippen LogP contribution < -0.4 is 5.32 Å². The molecule has 0 radical (unpaired) electrons. The van der Waals surface area contributed by atoms with Crippen molar-refractivity contribution < 1.29 is 4.79 Å². The lowest BCUT2D eigenvalue weighted by Crippen LogP contribution is -2.14. The lowest BCUT2D eigenvalue weighted by Gasteiger charge is -2.18. The van der Waals surface area contributed by atoms with Crippen LogP contribution in [0, 0.1) is 0 Å². The van der Waals surface area contributed by atoms with Gasteiger partial charge >= 0.3 is 0 Å². The number of anilines is 1. The van der Waals surface area contributed by atoms with Crippen molar-refractivity contribution in [2.24, 2.45) is 7.05 Å². The zero-order valence-electron chi connectivity index (χ0n) is 15.2. The van der Waals surface area contributed by atoms with Crippen molar-refractivity contribution in [2.45, 2.75) is 31.3 Å². The van der Waals surface area contributed by atoms with Crippen LogP contribution in [0.4, 0.5) is 5.13 Å². The van der Waals surface area contributed by atoms with E-state index in [0.717, 1.165) is 11.3 Å². The molecule has 0 aliphatic rings. The van der Waals surface area contributed by atoms with Crippen LogP contribution in [0.3, 0.4) is 0 Å². The van der Waals surface area contributed by atoms with E-state index in [1.54, 1.807) is 10.9 Å². The van der Waals surface area contributed by atoms with Gasteiger partial charge < -0.3 is 9.88 Å². The van der Waals surface area contributed by atoms with Crippen LogP contribution >= 0.6 is 23.1 Å². The van der Waals surface area contributed by atoms with E-state index in [2.05, 4.69) is 65.5 Å². The molecule has 136 valence electrons. The predicted octanol–water partition coefficient (Wildman–Crippen LogP) is 3.97. The fourth-order valence-corrected chi connectivity index (χ4v) is 3.72. The topological polar surface area (TPSA) is 72.7 Å². The molecule has 1 N–H and O–H groups in total. The highest BCUT2D eigenvalue weighted by Gasteiger charge is 2.14. The smallest absolute Gasteiger partial charge is 0.236 e. The molecule has 2 heterocycles. The largest absolute Gasteiger partial charge is 0.312 e. The number of hydrogen-bond acceptors (Lipinski definition) is 6. The Bertz CT molecular complexity index is 893. The third kappa shape index (κ3) is 4.50. The first-order chi connectivity index (χ1) is 12.3. The van der Waals surface area contributed by atoms with Gasteiger partial charge in [0.05, 0.1) is 11.4 Å². The Balaban J connectivity index is 1.60. The SMILES string of the molecule is Cn1cnnc1SCC(=O)Nc1nc(-c2ccc(C(C)(C)C)cc2)cs1. The van der Waals surface area contributed by atoms with Crippen molar-refractivity contribution >= 4 is 34.1 Å². The predicted molar refractivity (Wildman–Crippen MR) is 107 cm³/mol. The Morgan fingerprint density at radius 2 is 2.00 bits per heavy atom. The monoisotopic (exact) mass is 387 g/mol. The number of carbonyl (C=O) groups is 1. The van der Waals surface area contributed by atoms with Gasteiger partial charge in [-0.1, -0.05) is 56.8 Å². The molecular formula is C18H21N5OS2. The molecule has 6 nitrogen and oxygen atoms in total. The van der Waals surface area contributed by atoms with E-state index in [4.69, 9.17) is 0 Å². The van der Waals surface area contributed by atoms with E-state index >= 15 is 0 Å². The van der Waals surface area contributed by atoms with Gasteiger partial charge in [-0.15, -0.1) is 21.5 Å². The normalized spacial score (nSPS) is 11.5. The van der Waals surface area contributed by atoms with Crippen molar-refractivity contribution in [2.75, 3.05) is 11.1 Å². The molecule has 26 heavy (non-hydrogen) atoms. The third-order valence-corrected chi connectivity index (χ3v) is 5.59. The van der Waals surface area contributed by atoms with Gasteiger partial charge in [0.25, 0.3) is 0 Å². The second-order valence-corrected chi connectivity index (χ2v) is 8.73. The minimum Gasteiger partial charge on any atom is -0.312 e. The van der Waals surface area contributed by atoms with Gasteiger partial charge in [0.1, 0.15) is 6.33 Å². The highest BCUT2D eigenvalue weighted by atomic mass is 32.2. The number of benzene rings is 1. The quantitative estimate of drug-likeness (QED) is 0.671. The van der Waals surface area contributed by atoms with Crippen LogP contribution in [-0.2, 0) is 17.3 Å². The summed E-state index contributed by atoms with van der Waals surface area (Å²) in [6.45, 7) is 6.58. The van der Waals surface area contributed by atoms with E-state index < -0.39 is 0 Å². The van der Waals surface area contributed by atoms with Crippen molar-refractivity contribution in [3.8, 4) is 11.3 Å². The van der Waals surface area contributed by atoms with Crippen LogP contribution in [0.25, 0.3) is 11.3 Å². The van der Waals surface area contributed by atoms with Gasteiger partial charge in [-0.05, 0) is 11.0 Å². The minimum absolute atomic E-state index is 0.109. The van der Waals surface area contributed by atoms with Crippen molar-refractivity contribution in [1.29, 1.82) is 0 Å². The van der Waals surface area contributed by atoms with Crippen LogP contribution in [-0.4, -0.2) is 31.4 Å². The molecule has 0 unspecified atom stereocenters. The van der Waals surface area contributed by atoms with Crippen LogP contribution in [0.2, 0.25) is 0 Å². The van der Waals surface area contributed by atoms with E-state index in [1.807, 2.05) is 12.4 Å². The third-order valence-electron chi connectivity index (χ3n) is 3.80. The first-order valence-corrected chi connectivity index (χ1v) is 10.0. The van der Waals surface area contributed by atoms with Crippen molar-refractivity contribution in [1.82, 2.24) is 19.7 Å². The van der Waals surface area contributed by atoms with E-state index in [9.17, 15) is 4.79 Å². The molecule has 3 aromatic rings. The summed E-state index contributed by atoms with van der Waals surface area (Å²) in [6, 6.07) is 8.41. The second-order valence-electron chi connectivity index (χ2n) is 6.93. The molecule has 0 spiro atoms. The molecule has 0 saturated carbocycles. The molecule has 1 aromatic carbocycles. The Morgan fingerprint density at radius 3 is 2.62 bits per heavy atom. The summed E-state index contributed by atoms with van der Waals surface area (Å²) < 4.78 is 1.78.